The lowest BCUT2D eigenvalue weighted by molar-refractivity contribution is -0.124. The zero-order valence-corrected chi connectivity index (χ0v) is 19.1. The van der Waals surface area contributed by atoms with E-state index in [1.165, 1.54) is 12.3 Å². The van der Waals surface area contributed by atoms with Crippen molar-refractivity contribution >= 4 is 17.7 Å². The fourth-order valence-corrected chi connectivity index (χ4v) is 3.34. The molecular formula is C25H24N6O4. The van der Waals surface area contributed by atoms with Gasteiger partial charge in [0.25, 0.3) is 11.8 Å². The largest absolute Gasteiger partial charge is 0.459 e. The maximum absolute atomic E-state index is 12.8. The number of rotatable bonds is 7. The van der Waals surface area contributed by atoms with Crippen molar-refractivity contribution in [3.05, 3.63) is 90.6 Å². The summed E-state index contributed by atoms with van der Waals surface area (Å²) in [5.41, 5.74) is 6.18. The van der Waals surface area contributed by atoms with Gasteiger partial charge in [0.1, 0.15) is 6.04 Å². The van der Waals surface area contributed by atoms with Gasteiger partial charge >= 0.3 is 5.91 Å². The van der Waals surface area contributed by atoms with Gasteiger partial charge in [-0.2, -0.15) is 0 Å². The average molecular weight is 473 g/mol. The Kier molecular flexibility index (Phi) is 7.01. The van der Waals surface area contributed by atoms with E-state index in [0.717, 1.165) is 11.3 Å². The van der Waals surface area contributed by atoms with Crippen molar-refractivity contribution in [2.75, 3.05) is 0 Å². The summed E-state index contributed by atoms with van der Waals surface area (Å²) in [6.45, 7) is 3.54. The van der Waals surface area contributed by atoms with Crippen LogP contribution < -0.4 is 16.2 Å². The highest BCUT2D eigenvalue weighted by Crippen LogP contribution is 2.20. The van der Waals surface area contributed by atoms with E-state index in [1.54, 1.807) is 24.6 Å². The molecule has 2 heterocycles. The summed E-state index contributed by atoms with van der Waals surface area (Å²) < 4.78 is 6.63. The van der Waals surface area contributed by atoms with Crippen LogP contribution in [0.1, 0.15) is 35.0 Å². The summed E-state index contributed by atoms with van der Waals surface area (Å²) in [7, 11) is 0. The molecule has 0 radical (unpaired) electrons. The van der Waals surface area contributed by atoms with Crippen LogP contribution >= 0.6 is 0 Å². The van der Waals surface area contributed by atoms with Crippen LogP contribution in [0, 0.1) is 5.92 Å². The number of benzene rings is 2. The number of hydrogen-bond acceptors (Lipinski definition) is 6. The molecule has 0 saturated carbocycles. The van der Waals surface area contributed by atoms with Crippen LogP contribution in [0.3, 0.4) is 0 Å². The molecule has 1 unspecified atom stereocenters. The van der Waals surface area contributed by atoms with E-state index in [9.17, 15) is 14.4 Å². The van der Waals surface area contributed by atoms with Crippen LogP contribution in [0.2, 0.25) is 0 Å². The second-order valence-corrected chi connectivity index (χ2v) is 7.99. The van der Waals surface area contributed by atoms with E-state index in [1.807, 2.05) is 60.7 Å². The van der Waals surface area contributed by atoms with Crippen molar-refractivity contribution in [2.24, 2.45) is 5.92 Å². The molecule has 10 nitrogen and oxygen atoms in total. The van der Waals surface area contributed by atoms with Crippen molar-refractivity contribution in [3.63, 3.8) is 0 Å². The zero-order chi connectivity index (χ0) is 24.8. The Balaban J connectivity index is 1.50. The van der Waals surface area contributed by atoms with Gasteiger partial charge in [-0.15, -0.1) is 5.10 Å². The number of nitrogens with zero attached hydrogens (tertiary/aromatic N) is 3. The van der Waals surface area contributed by atoms with Gasteiger partial charge in [0.05, 0.1) is 12.0 Å². The number of hydrazine groups is 1. The number of hydrogen-bond donors (Lipinski definition) is 3. The number of para-hydroxylation sites is 1. The molecule has 178 valence electrons. The predicted molar refractivity (Wildman–Crippen MR) is 127 cm³/mol. The number of carbonyl (C=O) groups excluding carboxylic acids is 3. The minimum absolute atomic E-state index is 0.0802. The van der Waals surface area contributed by atoms with Gasteiger partial charge in [-0.3, -0.25) is 25.2 Å². The molecule has 3 amide bonds. The summed E-state index contributed by atoms with van der Waals surface area (Å²) in [6.07, 6.45) is 1.37. The Hall–Kier alpha value is -4.73. The minimum atomic E-state index is -0.914. The van der Waals surface area contributed by atoms with E-state index in [4.69, 9.17) is 4.42 Å². The smallest absolute Gasteiger partial charge is 0.309 e. The summed E-state index contributed by atoms with van der Waals surface area (Å²) >= 11 is 0. The lowest BCUT2D eigenvalue weighted by atomic mass is 10.0. The van der Waals surface area contributed by atoms with Crippen molar-refractivity contribution in [3.8, 4) is 17.1 Å². The number of furan rings is 1. The van der Waals surface area contributed by atoms with Crippen LogP contribution in [0.4, 0.5) is 0 Å². The van der Waals surface area contributed by atoms with Gasteiger partial charge in [-0.25, -0.2) is 9.67 Å². The highest BCUT2D eigenvalue weighted by atomic mass is 16.3. The first-order valence-corrected chi connectivity index (χ1v) is 11.0. The number of aromatic nitrogens is 3. The Morgan fingerprint density at radius 3 is 2.17 bits per heavy atom. The second-order valence-electron chi connectivity index (χ2n) is 7.99. The van der Waals surface area contributed by atoms with Crippen LogP contribution in [0.15, 0.2) is 83.5 Å². The molecule has 0 saturated heterocycles. The molecule has 4 rings (SSSR count). The maximum Gasteiger partial charge on any atom is 0.309 e. The van der Waals surface area contributed by atoms with E-state index in [-0.39, 0.29) is 17.5 Å². The second kappa shape index (κ2) is 10.5. The minimum Gasteiger partial charge on any atom is -0.459 e. The van der Waals surface area contributed by atoms with Crippen LogP contribution in [-0.2, 0) is 4.79 Å². The summed E-state index contributed by atoms with van der Waals surface area (Å²) in [4.78, 5) is 42.2. The van der Waals surface area contributed by atoms with Gasteiger partial charge < -0.3 is 9.73 Å². The van der Waals surface area contributed by atoms with E-state index in [2.05, 4.69) is 26.3 Å². The molecule has 3 N–H and O–H groups in total. The Morgan fingerprint density at radius 2 is 1.54 bits per heavy atom. The fraction of sp³-hybridized carbons (Fsp3) is 0.160. The van der Waals surface area contributed by atoms with E-state index < -0.39 is 23.8 Å². The zero-order valence-electron chi connectivity index (χ0n) is 19.1. The van der Waals surface area contributed by atoms with Crippen molar-refractivity contribution in [1.82, 2.24) is 30.9 Å². The molecule has 2 aromatic carbocycles. The molecule has 0 spiro atoms. The Bertz CT molecular complexity index is 1240. The van der Waals surface area contributed by atoms with Gasteiger partial charge in [0.15, 0.2) is 11.6 Å². The van der Waals surface area contributed by atoms with Gasteiger partial charge in [0, 0.05) is 5.56 Å². The molecule has 35 heavy (non-hydrogen) atoms. The SMILES string of the molecule is CC(C)C(NC(=O)c1ccco1)C(=O)NNC(=O)c1nc(-c2ccccc2)n(-c2ccccc2)n1. The molecule has 2 aromatic heterocycles. The normalized spacial score (nSPS) is 11.6. The molecule has 0 fully saturated rings. The summed E-state index contributed by atoms with van der Waals surface area (Å²) in [6, 6.07) is 20.8. The highest BCUT2D eigenvalue weighted by Gasteiger charge is 2.27. The standard InChI is InChI=1S/C25H24N6O4/c1-16(2)20(26-23(32)19-14-9-15-35-19)24(33)28-29-25(34)21-27-22(17-10-5-3-6-11-17)31(30-21)18-12-7-4-8-13-18/h3-16,20H,1-2H3,(H,26,32)(H,28,33)(H,29,34). The lowest BCUT2D eigenvalue weighted by Crippen LogP contribution is -2.54. The average Bonchev–Trinajstić information content (AvgIpc) is 3.57. The molecule has 1 atom stereocenters. The third-order valence-electron chi connectivity index (χ3n) is 5.12. The van der Waals surface area contributed by atoms with E-state index in [0.29, 0.717) is 5.82 Å². The van der Waals surface area contributed by atoms with Crippen molar-refractivity contribution in [2.45, 2.75) is 19.9 Å². The Labute approximate surface area is 201 Å². The first-order valence-electron chi connectivity index (χ1n) is 11.0. The van der Waals surface area contributed by atoms with Crippen molar-refractivity contribution in [1.29, 1.82) is 0 Å². The molecule has 0 aliphatic heterocycles. The highest BCUT2D eigenvalue weighted by molar-refractivity contribution is 5.97. The quantitative estimate of drug-likeness (QED) is 0.355. The van der Waals surface area contributed by atoms with Gasteiger partial charge in [-0.05, 0) is 30.2 Å². The molecular weight excluding hydrogens is 448 g/mol. The molecule has 0 aliphatic carbocycles. The molecule has 10 heteroatoms. The summed E-state index contributed by atoms with van der Waals surface area (Å²) in [5, 5.41) is 6.96. The van der Waals surface area contributed by atoms with E-state index >= 15 is 0 Å². The predicted octanol–water partition coefficient (Wildman–Crippen LogP) is 2.74. The third kappa shape index (κ3) is 5.44. The van der Waals surface area contributed by atoms with Crippen LogP contribution in [-0.4, -0.2) is 38.5 Å². The monoisotopic (exact) mass is 472 g/mol. The van der Waals surface area contributed by atoms with Gasteiger partial charge in [0.2, 0.25) is 5.82 Å². The lowest BCUT2D eigenvalue weighted by Gasteiger charge is -2.21. The van der Waals surface area contributed by atoms with Crippen molar-refractivity contribution < 1.29 is 18.8 Å². The fourth-order valence-electron chi connectivity index (χ4n) is 3.34. The Morgan fingerprint density at radius 1 is 0.857 bits per heavy atom. The molecule has 4 aromatic rings. The third-order valence-corrected chi connectivity index (χ3v) is 5.12. The number of carbonyl (C=O) groups is 3. The first kappa shape index (κ1) is 23.4. The van der Waals surface area contributed by atoms with Crippen LogP contribution in [0.5, 0.6) is 0 Å². The molecule has 0 bridgehead atoms. The van der Waals surface area contributed by atoms with Crippen LogP contribution in [0.25, 0.3) is 17.1 Å². The number of amides is 3. The maximum atomic E-state index is 12.8. The number of nitrogens with one attached hydrogen (secondary N) is 3. The molecule has 0 aliphatic rings. The topological polar surface area (TPSA) is 131 Å². The summed E-state index contributed by atoms with van der Waals surface area (Å²) in [5.74, 6) is -1.68. The first-order chi connectivity index (χ1) is 16.9. The van der Waals surface area contributed by atoms with Gasteiger partial charge in [-0.1, -0.05) is 62.4 Å².